The number of hydrogen-bond acceptors (Lipinski definition) is 1. The highest BCUT2D eigenvalue weighted by molar-refractivity contribution is 4.53. The molecule has 0 aliphatic carbocycles. The Labute approximate surface area is 110 Å². The van der Waals surface area contributed by atoms with Crippen LogP contribution in [0.4, 0.5) is 0 Å². The van der Waals surface area contributed by atoms with Gasteiger partial charge in [-0.05, 0) is 12.8 Å². The Hall–Kier alpha value is -0.0400. The first-order valence-corrected chi connectivity index (χ1v) is 7.90. The highest BCUT2D eigenvalue weighted by atomic mass is 16.3. The average Bonchev–Trinajstić information content (AvgIpc) is 2.33. The summed E-state index contributed by atoms with van der Waals surface area (Å²) in [5, 5.41) is 9.33. The first-order chi connectivity index (χ1) is 8.22. The van der Waals surface area contributed by atoms with E-state index in [1.807, 2.05) is 0 Å². The van der Waals surface area contributed by atoms with E-state index in [4.69, 9.17) is 0 Å². The number of unbranched alkanes of at least 4 members (excludes halogenated alkanes) is 7. The number of aliphatic hydroxyl groups is 1. The van der Waals surface area contributed by atoms with E-state index in [-0.39, 0.29) is 6.10 Å². The minimum atomic E-state index is -0.0462. The van der Waals surface area contributed by atoms with E-state index in [9.17, 15) is 5.11 Å². The Bertz CT molecular complexity index is 112. The number of aliphatic hydroxyl groups excluding tert-OH is 1. The van der Waals surface area contributed by atoms with Gasteiger partial charge in [0.1, 0.15) is 0 Å². The molecule has 0 spiro atoms. The molecule has 0 bridgehead atoms. The molecule has 0 aromatic carbocycles. The van der Waals surface area contributed by atoms with Gasteiger partial charge in [-0.15, -0.1) is 0 Å². The van der Waals surface area contributed by atoms with Gasteiger partial charge in [0.15, 0.2) is 0 Å². The predicted octanol–water partition coefficient (Wildman–Crippen LogP) is 5.70. The van der Waals surface area contributed by atoms with Crippen LogP contribution >= 0.6 is 0 Å². The molecule has 0 heterocycles. The maximum atomic E-state index is 9.33. The zero-order valence-electron chi connectivity index (χ0n) is 12.8. The van der Waals surface area contributed by atoms with E-state index in [0.29, 0.717) is 0 Å². The van der Waals surface area contributed by atoms with Crippen molar-refractivity contribution >= 4 is 0 Å². The fourth-order valence-electron chi connectivity index (χ4n) is 1.72. The summed E-state index contributed by atoms with van der Waals surface area (Å²) < 4.78 is 0. The lowest BCUT2D eigenvalue weighted by Crippen LogP contribution is -2.03. The van der Waals surface area contributed by atoms with Gasteiger partial charge in [-0.2, -0.15) is 0 Å². The lowest BCUT2D eigenvalue weighted by atomic mass is 10.0. The lowest BCUT2D eigenvalue weighted by molar-refractivity contribution is 0.156. The van der Waals surface area contributed by atoms with E-state index >= 15 is 0 Å². The Morgan fingerprint density at radius 1 is 0.706 bits per heavy atom. The quantitative estimate of drug-likeness (QED) is 0.488. The Morgan fingerprint density at radius 2 is 1.12 bits per heavy atom. The second-order valence-electron chi connectivity index (χ2n) is 5.03. The lowest BCUT2D eigenvalue weighted by Gasteiger charge is -2.06. The maximum absolute atomic E-state index is 9.33. The van der Waals surface area contributed by atoms with Crippen LogP contribution in [0.15, 0.2) is 0 Å². The van der Waals surface area contributed by atoms with Crippen molar-refractivity contribution in [3.63, 3.8) is 0 Å². The third-order valence-corrected chi connectivity index (χ3v) is 2.86. The summed E-state index contributed by atoms with van der Waals surface area (Å²) in [6.45, 7) is 8.56. The molecule has 1 N–H and O–H groups in total. The van der Waals surface area contributed by atoms with Crippen molar-refractivity contribution in [2.24, 2.45) is 0 Å². The van der Waals surface area contributed by atoms with E-state index in [1.54, 1.807) is 0 Å². The van der Waals surface area contributed by atoms with Gasteiger partial charge in [0.2, 0.25) is 0 Å². The monoisotopic (exact) mass is 244 g/mol. The van der Waals surface area contributed by atoms with Crippen LogP contribution in [0.1, 0.15) is 98.3 Å². The van der Waals surface area contributed by atoms with Crippen LogP contribution in [-0.2, 0) is 0 Å². The molecule has 0 radical (unpaired) electrons. The van der Waals surface area contributed by atoms with Crippen LogP contribution in [-0.4, -0.2) is 11.2 Å². The molecule has 0 aliphatic rings. The van der Waals surface area contributed by atoms with Gasteiger partial charge in [0.25, 0.3) is 0 Å². The predicted molar refractivity (Wildman–Crippen MR) is 79.5 cm³/mol. The molecular weight excluding hydrogens is 208 g/mol. The molecule has 0 aromatic rings. The molecule has 1 nitrogen and oxygen atoms in total. The highest BCUT2D eigenvalue weighted by Gasteiger charge is 1.99. The van der Waals surface area contributed by atoms with E-state index < -0.39 is 0 Å². The zero-order valence-corrected chi connectivity index (χ0v) is 12.8. The molecular formula is C16H36O. The molecule has 1 atom stereocenters. The molecule has 0 saturated heterocycles. The van der Waals surface area contributed by atoms with Crippen LogP contribution in [0.25, 0.3) is 0 Å². The van der Waals surface area contributed by atoms with Crippen LogP contribution in [0.3, 0.4) is 0 Å². The summed E-state index contributed by atoms with van der Waals surface area (Å²) in [6, 6.07) is 0. The van der Waals surface area contributed by atoms with Crippen molar-refractivity contribution in [2.45, 2.75) is 104 Å². The molecule has 17 heavy (non-hydrogen) atoms. The number of hydrogen-bond donors (Lipinski definition) is 1. The molecule has 0 aliphatic heterocycles. The van der Waals surface area contributed by atoms with Gasteiger partial charge in [-0.1, -0.05) is 85.5 Å². The topological polar surface area (TPSA) is 20.2 Å². The van der Waals surface area contributed by atoms with Gasteiger partial charge in [0, 0.05) is 0 Å². The van der Waals surface area contributed by atoms with Crippen LogP contribution < -0.4 is 0 Å². The second-order valence-corrected chi connectivity index (χ2v) is 5.03. The van der Waals surface area contributed by atoms with Crippen LogP contribution in [0.5, 0.6) is 0 Å². The second kappa shape index (κ2) is 18.3. The fourth-order valence-corrected chi connectivity index (χ4v) is 1.72. The summed E-state index contributed by atoms with van der Waals surface area (Å²) in [5.74, 6) is 0. The van der Waals surface area contributed by atoms with Crippen molar-refractivity contribution in [3.8, 4) is 0 Å². The van der Waals surface area contributed by atoms with Crippen molar-refractivity contribution in [2.75, 3.05) is 0 Å². The van der Waals surface area contributed by atoms with E-state index in [1.165, 1.54) is 57.8 Å². The van der Waals surface area contributed by atoms with Gasteiger partial charge >= 0.3 is 0 Å². The summed E-state index contributed by atoms with van der Waals surface area (Å²) in [4.78, 5) is 0. The average molecular weight is 244 g/mol. The molecule has 0 rings (SSSR count). The molecule has 0 amide bonds. The summed E-state index contributed by atoms with van der Waals surface area (Å²) >= 11 is 0. The Kier molecular flexibility index (Phi) is 20.8. The van der Waals surface area contributed by atoms with Gasteiger partial charge in [0.05, 0.1) is 6.10 Å². The molecule has 0 fully saturated rings. The third kappa shape index (κ3) is 21.7. The van der Waals surface area contributed by atoms with E-state index in [0.717, 1.165) is 12.8 Å². The van der Waals surface area contributed by atoms with Gasteiger partial charge in [-0.25, -0.2) is 0 Å². The molecule has 0 aromatic heterocycles. The van der Waals surface area contributed by atoms with Crippen molar-refractivity contribution < 1.29 is 5.11 Å². The molecule has 106 valence electrons. The maximum Gasteiger partial charge on any atom is 0.0537 e. The number of rotatable bonds is 10. The summed E-state index contributed by atoms with van der Waals surface area (Å²) in [6.07, 6.45) is 13.9. The van der Waals surface area contributed by atoms with Crippen molar-refractivity contribution in [3.05, 3.63) is 0 Å². The smallest absolute Gasteiger partial charge is 0.0537 e. The largest absolute Gasteiger partial charge is 0.393 e. The normalized spacial score (nSPS) is 11.8. The van der Waals surface area contributed by atoms with Gasteiger partial charge < -0.3 is 5.11 Å². The first-order valence-electron chi connectivity index (χ1n) is 7.90. The Morgan fingerprint density at radius 3 is 1.53 bits per heavy atom. The molecule has 0 saturated carbocycles. The minimum absolute atomic E-state index is 0.0462. The molecule has 1 unspecified atom stereocenters. The first kappa shape index (κ1) is 19.3. The summed E-state index contributed by atoms with van der Waals surface area (Å²) in [7, 11) is 0. The minimum Gasteiger partial charge on any atom is -0.393 e. The Balaban J connectivity index is 0. The van der Waals surface area contributed by atoms with Gasteiger partial charge in [-0.3, -0.25) is 0 Å². The van der Waals surface area contributed by atoms with Crippen molar-refractivity contribution in [1.82, 2.24) is 0 Å². The SMILES string of the molecule is CCC.CCCCCCCCCCC(O)CC. The summed E-state index contributed by atoms with van der Waals surface area (Å²) in [5.41, 5.74) is 0. The third-order valence-electron chi connectivity index (χ3n) is 2.86. The standard InChI is InChI=1S/C13H28O.C3H8/c1-3-5-6-7-8-9-10-11-12-13(14)4-2;1-3-2/h13-14H,3-12H2,1-2H3;3H2,1-2H3. The van der Waals surface area contributed by atoms with E-state index in [2.05, 4.69) is 27.7 Å². The zero-order chi connectivity index (χ0) is 13.4. The highest BCUT2D eigenvalue weighted by Crippen LogP contribution is 2.11. The van der Waals surface area contributed by atoms with Crippen LogP contribution in [0.2, 0.25) is 0 Å². The van der Waals surface area contributed by atoms with Crippen molar-refractivity contribution in [1.29, 1.82) is 0 Å². The fraction of sp³-hybridized carbons (Fsp3) is 1.00. The molecule has 1 heteroatoms. The van der Waals surface area contributed by atoms with Crippen LogP contribution in [0, 0.1) is 0 Å².